The first-order valence-electron chi connectivity index (χ1n) is 6.69. The molecule has 0 aromatic rings. The van der Waals surface area contributed by atoms with E-state index in [0.29, 0.717) is 11.7 Å². The van der Waals surface area contributed by atoms with Crippen LogP contribution in [0.2, 0.25) is 0 Å². The van der Waals surface area contributed by atoms with Gasteiger partial charge in [0.25, 0.3) is 0 Å². The minimum absolute atomic E-state index is 0.185. The Morgan fingerprint density at radius 3 is 2.50 bits per heavy atom. The zero-order valence-corrected chi connectivity index (χ0v) is 11.2. The SMILES string of the molecule is CCC(CC)C(=O)C1(OC)CCCC(C)C1. The van der Waals surface area contributed by atoms with Crippen molar-refractivity contribution in [2.24, 2.45) is 11.8 Å². The second kappa shape index (κ2) is 5.81. The maximum Gasteiger partial charge on any atom is 0.167 e. The average Bonchev–Trinajstić information content (AvgIpc) is 2.30. The van der Waals surface area contributed by atoms with Gasteiger partial charge < -0.3 is 4.74 Å². The molecule has 0 saturated heterocycles. The smallest absolute Gasteiger partial charge is 0.167 e. The Morgan fingerprint density at radius 1 is 1.44 bits per heavy atom. The van der Waals surface area contributed by atoms with E-state index in [9.17, 15) is 4.79 Å². The highest BCUT2D eigenvalue weighted by Crippen LogP contribution is 2.38. The molecule has 2 heteroatoms. The summed E-state index contributed by atoms with van der Waals surface area (Å²) < 4.78 is 5.65. The van der Waals surface area contributed by atoms with E-state index in [1.54, 1.807) is 7.11 Å². The van der Waals surface area contributed by atoms with E-state index in [0.717, 1.165) is 32.1 Å². The molecule has 0 radical (unpaired) electrons. The van der Waals surface area contributed by atoms with Gasteiger partial charge in [-0.25, -0.2) is 0 Å². The Labute approximate surface area is 99.8 Å². The van der Waals surface area contributed by atoms with Crippen LogP contribution in [-0.2, 0) is 9.53 Å². The fraction of sp³-hybridized carbons (Fsp3) is 0.929. The van der Waals surface area contributed by atoms with E-state index in [2.05, 4.69) is 20.8 Å². The molecule has 0 aromatic carbocycles. The van der Waals surface area contributed by atoms with Gasteiger partial charge in [0.2, 0.25) is 0 Å². The van der Waals surface area contributed by atoms with Gasteiger partial charge in [-0.1, -0.05) is 27.2 Å². The molecule has 1 aliphatic carbocycles. The summed E-state index contributed by atoms with van der Waals surface area (Å²) in [6.45, 7) is 6.43. The molecule has 0 N–H and O–H groups in total. The highest BCUT2D eigenvalue weighted by molar-refractivity contribution is 5.89. The Balaban J connectivity index is 2.82. The van der Waals surface area contributed by atoms with Crippen molar-refractivity contribution in [3.05, 3.63) is 0 Å². The van der Waals surface area contributed by atoms with E-state index in [1.807, 2.05) is 0 Å². The van der Waals surface area contributed by atoms with Crippen LogP contribution in [0.4, 0.5) is 0 Å². The number of hydrogen-bond donors (Lipinski definition) is 0. The highest BCUT2D eigenvalue weighted by atomic mass is 16.5. The van der Waals surface area contributed by atoms with E-state index < -0.39 is 5.60 Å². The molecule has 0 bridgehead atoms. The van der Waals surface area contributed by atoms with Crippen molar-refractivity contribution in [1.82, 2.24) is 0 Å². The van der Waals surface area contributed by atoms with Gasteiger partial charge in [0.1, 0.15) is 5.60 Å². The van der Waals surface area contributed by atoms with Crippen LogP contribution in [0, 0.1) is 11.8 Å². The molecular weight excluding hydrogens is 200 g/mol. The number of carbonyl (C=O) groups excluding carboxylic acids is 1. The van der Waals surface area contributed by atoms with Crippen LogP contribution in [0.3, 0.4) is 0 Å². The van der Waals surface area contributed by atoms with E-state index >= 15 is 0 Å². The lowest BCUT2D eigenvalue weighted by Crippen LogP contribution is -2.47. The topological polar surface area (TPSA) is 26.3 Å². The highest BCUT2D eigenvalue weighted by Gasteiger charge is 2.43. The van der Waals surface area contributed by atoms with Gasteiger partial charge in [-0.2, -0.15) is 0 Å². The van der Waals surface area contributed by atoms with Crippen molar-refractivity contribution in [1.29, 1.82) is 0 Å². The molecule has 0 aromatic heterocycles. The molecule has 2 nitrogen and oxygen atoms in total. The molecule has 0 spiro atoms. The van der Waals surface area contributed by atoms with Crippen LogP contribution in [0.1, 0.15) is 59.3 Å². The minimum atomic E-state index is -0.464. The molecule has 1 saturated carbocycles. The predicted molar refractivity (Wildman–Crippen MR) is 66.5 cm³/mol. The molecule has 2 unspecified atom stereocenters. The molecule has 16 heavy (non-hydrogen) atoms. The third-order valence-corrected chi connectivity index (χ3v) is 4.15. The van der Waals surface area contributed by atoms with Gasteiger partial charge >= 0.3 is 0 Å². The number of carbonyl (C=O) groups is 1. The van der Waals surface area contributed by atoms with Gasteiger partial charge in [-0.05, 0) is 38.0 Å². The average molecular weight is 226 g/mol. The van der Waals surface area contributed by atoms with Gasteiger partial charge in [0.05, 0.1) is 0 Å². The summed E-state index contributed by atoms with van der Waals surface area (Å²) in [5, 5.41) is 0. The summed E-state index contributed by atoms with van der Waals surface area (Å²) in [6, 6.07) is 0. The quantitative estimate of drug-likeness (QED) is 0.716. The van der Waals surface area contributed by atoms with Crippen molar-refractivity contribution in [2.45, 2.75) is 64.9 Å². The first-order valence-corrected chi connectivity index (χ1v) is 6.69. The molecular formula is C14H26O2. The second-order valence-electron chi connectivity index (χ2n) is 5.28. The van der Waals surface area contributed by atoms with Crippen molar-refractivity contribution in [3.63, 3.8) is 0 Å². The molecule has 2 atom stereocenters. The molecule has 0 amide bonds. The third-order valence-electron chi connectivity index (χ3n) is 4.15. The minimum Gasteiger partial charge on any atom is -0.370 e. The zero-order valence-electron chi connectivity index (χ0n) is 11.2. The molecule has 1 aliphatic rings. The maximum absolute atomic E-state index is 12.5. The zero-order chi connectivity index (χ0) is 12.2. The summed E-state index contributed by atoms with van der Waals surface area (Å²) >= 11 is 0. The summed E-state index contributed by atoms with van der Waals surface area (Å²) in [6.07, 6.45) is 6.08. The van der Waals surface area contributed by atoms with Crippen LogP contribution >= 0.6 is 0 Å². The molecule has 1 rings (SSSR count). The lowest BCUT2D eigenvalue weighted by atomic mass is 9.72. The lowest BCUT2D eigenvalue weighted by molar-refractivity contribution is -0.151. The predicted octanol–water partition coefficient (Wildman–Crippen LogP) is 3.59. The summed E-state index contributed by atoms with van der Waals surface area (Å²) in [4.78, 5) is 12.5. The molecule has 0 aliphatic heterocycles. The van der Waals surface area contributed by atoms with Gasteiger partial charge in [-0.3, -0.25) is 4.79 Å². The van der Waals surface area contributed by atoms with Gasteiger partial charge in [0, 0.05) is 13.0 Å². The third kappa shape index (κ3) is 2.65. The largest absolute Gasteiger partial charge is 0.370 e. The standard InChI is InChI=1S/C14H26O2/c1-5-12(6-2)13(15)14(16-4)9-7-8-11(3)10-14/h11-12H,5-10H2,1-4H3. The van der Waals surface area contributed by atoms with Crippen molar-refractivity contribution < 1.29 is 9.53 Å². The van der Waals surface area contributed by atoms with Crippen LogP contribution in [0.15, 0.2) is 0 Å². The van der Waals surface area contributed by atoms with Crippen LogP contribution in [0.5, 0.6) is 0 Å². The van der Waals surface area contributed by atoms with Crippen molar-refractivity contribution in [3.8, 4) is 0 Å². The van der Waals surface area contributed by atoms with E-state index in [4.69, 9.17) is 4.74 Å². The van der Waals surface area contributed by atoms with Gasteiger partial charge in [-0.15, -0.1) is 0 Å². The van der Waals surface area contributed by atoms with Crippen LogP contribution < -0.4 is 0 Å². The number of ketones is 1. The lowest BCUT2D eigenvalue weighted by Gasteiger charge is -2.39. The fourth-order valence-electron chi connectivity index (χ4n) is 3.04. The summed E-state index contributed by atoms with van der Waals surface area (Å²) in [5.41, 5.74) is -0.464. The molecule has 1 fully saturated rings. The van der Waals surface area contributed by atoms with Crippen LogP contribution in [0.25, 0.3) is 0 Å². The van der Waals surface area contributed by atoms with Crippen molar-refractivity contribution in [2.75, 3.05) is 7.11 Å². The molecule has 94 valence electrons. The number of methoxy groups -OCH3 is 1. The fourth-order valence-corrected chi connectivity index (χ4v) is 3.04. The Hall–Kier alpha value is -0.370. The van der Waals surface area contributed by atoms with E-state index in [-0.39, 0.29) is 5.92 Å². The Bertz CT molecular complexity index is 233. The first kappa shape index (κ1) is 13.7. The number of ether oxygens (including phenoxy) is 1. The van der Waals surface area contributed by atoms with Crippen molar-refractivity contribution >= 4 is 5.78 Å². The number of Topliss-reactive ketones (excluding diaryl/α,β-unsaturated/α-hetero) is 1. The number of rotatable bonds is 5. The monoisotopic (exact) mass is 226 g/mol. The maximum atomic E-state index is 12.5. The van der Waals surface area contributed by atoms with E-state index in [1.165, 1.54) is 6.42 Å². The normalized spacial score (nSPS) is 30.7. The summed E-state index contributed by atoms with van der Waals surface area (Å²) in [7, 11) is 1.71. The number of hydrogen-bond acceptors (Lipinski definition) is 2. The Morgan fingerprint density at radius 2 is 2.06 bits per heavy atom. The second-order valence-corrected chi connectivity index (χ2v) is 5.28. The Kier molecular flexibility index (Phi) is 4.97. The molecule has 0 heterocycles. The summed E-state index contributed by atoms with van der Waals surface area (Å²) in [5.74, 6) is 1.16. The van der Waals surface area contributed by atoms with Crippen LogP contribution in [-0.4, -0.2) is 18.5 Å². The first-order chi connectivity index (χ1) is 7.59. The van der Waals surface area contributed by atoms with Gasteiger partial charge in [0.15, 0.2) is 5.78 Å².